The minimum absolute atomic E-state index is 0.247. The average Bonchev–Trinajstić information content (AvgIpc) is 2.31. The number of aromatic nitrogens is 1. The summed E-state index contributed by atoms with van der Waals surface area (Å²) in [5.41, 5.74) is 0.247. The van der Waals surface area contributed by atoms with Gasteiger partial charge in [-0.05, 0) is 24.6 Å². The van der Waals surface area contributed by atoms with E-state index in [1.165, 1.54) is 6.07 Å². The number of ether oxygens (including phenoxy) is 1. The van der Waals surface area contributed by atoms with Crippen LogP contribution >= 0.6 is 0 Å². The normalized spacial score (nSPS) is 14.4. The molecule has 1 aromatic rings. The van der Waals surface area contributed by atoms with Gasteiger partial charge in [0, 0.05) is 12.6 Å². The van der Waals surface area contributed by atoms with Crippen molar-refractivity contribution in [3.63, 3.8) is 0 Å². The van der Waals surface area contributed by atoms with Crippen LogP contribution in [0.15, 0.2) is 42.3 Å². The lowest BCUT2D eigenvalue weighted by atomic mass is 10.2. The number of esters is 1. The molecule has 82 valence electrons. The first-order valence-electron chi connectivity index (χ1n) is 4.95. The standard InChI is InChI=1S/C12H10FNO2/c13-11-7-6-9(8-14-11)12(15)16-10-4-2-1-3-5-10/h1-2,4,6-8H,3,5H2. The second-order valence-electron chi connectivity index (χ2n) is 3.36. The SMILES string of the molecule is O=C(OC1=CC=CCC1)c1ccc(F)nc1. The molecule has 0 aromatic carbocycles. The molecule has 0 aliphatic heterocycles. The highest BCUT2D eigenvalue weighted by molar-refractivity contribution is 5.89. The number of rotatable bonds is 2. The lowest BCUT2D eigenvalue weighted by Crippen LogP contribution is -2.06. The van der Waals surface area contributed by atoms with Crippen molar-refractivity contribution in [1.29, 1.82) is 0 Å². The molecule has 1 heterocycles. The summed E-state index contributed by atoms with van der Waals surface area (Å²) < 4.78 is 17.7. The number of carbonyl (C=O) groups excluding carboxylic acids is 1. The minimum atomic E-state index is -0.614. The van der Waals surface area contributed by atoms with Crippen molar-refractivity contribution < 1.29 is 13.9 Å². The molecule has 0 bridgehead atoms. The number of hydrogen-bond acceptors (Lipinski definition) is 3. The molecule has 0 saturated carbocycles. The smallest absolute Gasteiger partial charge is 0.344 e. The Morgan fingerprint density at radius 2 is 2.31 bits per heavy atom. The molecule has 1 aromatic heterocycles. The fraction of sp³-hybridized carbons (Fsp3) is 0.167. The Morgan fingerprint density at radius 1 is 1.44 bits per heavy atom. The third kappa shape index (κ3) is 2.53. The Balaban J connectivity index is 2.05. The molecule has 16 heavy (non-hydrogen) atoms. The van der Waals surface area contributed by atoms with E-state index in [0.717, 1.165) is 18.7 Å². The first kappa shape index (κ1) is 10.5. The van der Waals surface area contributed by atoms with Gasteiger partial charge < -0.3 is 4.74 Å². The number of hydrogen-bond donors (Lipinski definition) is 0. The maximum Gasteiger partial charge on any atom is 0.344 e. The predicted molar refractivity (Wildman–Crippen MR) is 56.1 cm³/mol. The maximum absolute atomic E-state index is 12.5. The number of nitrogens with zero attached hydrogens (tertiary/aromatic N) is 1. The number of halogens is 1. The third-order valence-electron chi connectivity index (χ3n) is 2.16. The van der Waals surface area contributed by atoms with Gasteiger partial charge in [0.2, 0.25) is 5.95 Å². The van der Waals surface area contributed by atoms with Crippen LogP contribution in [0.2, 0.25) is 0 Å². The van der Waals surface area contributed by atoms with E-state index in [0.29, 0.717) is 12.2 Å². The molecule has 2 rings (SSSR count). The molecule has 4 heteroatoms. The van der Waals surface area contributed by atoms with E-state index < -0.39 is 11.9 Å². The van der Waals surface area contributed by atoms with Crippen LogP contribution in [-0.2, 0) is 4.74 Å². The Morgan fingerprint density at radius 3 is 2.94 bits per heavy atom. The molecule has 0 amide bonds. The second kappa shape index (κ2) is 4.70. The van der Waals surface area contributed by atoms with Gasteiger partial charge in [-0.1, -0.05) is 12.2 Å². The summed E-state index contributed by atoms with van der Waals surface area (Å²) in [6.45, 7) is 0. The lowest BCUT2D eigenvalue weighted by molar-refractivity contribution is 0.0613. The molecule has 0 fully saturated rings. The highest BCUT2D eigenvalue weighted by Gasteiger charge is 2.11. The van der Waals surface area contributed by atoms with Gasteiger partial charge in [-0.3, -0.25) is 0 Å². The van der Waals surface area contributed by atoms with E-state index in [9.17, 15) is 9.18 Å². The van der Waals surface area contributed by atoms with Crippen LogP contribution in [0.4, 0.5) is 4.39 Å². The fourth-order valence-electron chi connectivity index (χ4n) is 1.34. The summed E-state index contributed by atoms with van der Waals surface area (Å²) in [4.78, 5) is 15.0. The van der Waals surface area contributed by atoms with Gasteiger partial charge in [0.1, 0.15) is 5.76 Å². The molecule has 0 atom stereocenters. The Labute approximate surface area is 92.3 Å². The lowest BCUT2D eigenvalue weighted by Gasteiger charge is -2.09. The van der Waals surface area contributed by atoms with E-state index in [-0.39, 0.29) is 5.56 Å². The van der Waals surface area contributed by atoms with Crippen molar-refractivity contribution in [1.82, 2.24) is 4.98 Å². The molecule has 1 aliphatic rings. The van der Waals surface area contributed by atoms with Gasteiger partial charge in [0.15, 0.2) is 0 Å². The van der Waals surface area contributed by atoms with Crippen LogP contribution in [0.25, 0.3) is 0 Å². The summed E-state index contributed by atoms with van der Waals surface area (Å²) in [7, 11) is 0. The Hall–Kier alpha value is -1.97. The quantitative estimate of drug-likeness (QED) is 0.567. The zero-order valence-corrected chi connectivity index (χ0v) is 8.52. The number of carbonyl (C=O) groups is 1. The summed E-state index contributed by atoms with van der Waals surface area (Å²) >= 11 is 0. The summed E-state index contributed by atoms with van der Waals surface area (Å²) in [5, 5.41) is 0. The van der Waals surface area contributed by atoms with Crippen LogP contribution in [-0.4, -0.2) is 11.0 Å². The maximum atomic E-state index is 12.5. The van der Waals surface area contributed by atoms with Crippen molar-refractivity contribution in [3.8, 4) is 0 Å². The summed E-state index contributed by atoms with van der Waals surface area (Å²) in [5.74, 6) is -0.498. The van der Waals surface area contributed by atoms with E-state index >= 15 is 0 Å². The molecular formula is C12H10FNO2. The first-order valence-corrected chi connectivity index (χ1v) is 4.95. The van der Waals surface area contributed by atoms with Gasteiger partial charge in [0.25, 0.3) is 0 Å². The summed E-state index contributed by atoms with van der Waals surface area (Å²) in [6, 6.07) is 2.48. The zero-order chi connectivity index (χ0) is 11.4. The van der Waals surface area contributed by atoms with Crippen LogP contribution in [0.5, 0.6) is 0 Å². The van der Waals surface area contributed by atoms with Crippen molar-refractivity contribution in [2.24, 2.45) is 0 Å². The van der Waals surface area contributed by atoms with E-state index in [1.54, 1.807) is 6.08 Å². The fourth-order valence-corrected chi connectivity index (χ4v) is 1.34. The van der Waals surface area contributed by atoms with Gasteiger partial charge in [-0.15, -0.1) is 0 Å². The molecule has 1 aliphatic carbocycles. The second-order valence-corrected chi connectivity index (χ2v) is 3.36. The van der Waals surface area contributed by atoms with Crippen molar-refractivity contribution in [2.45, 2.75) is 12.8 Å². The monoisotopic (exact) mass is 219 g/mol. The average molecular weight is 219 g/mol. The largest absolute Gasteiger partial charge is 0.427 e. The minimum Gasteiger partial charge on any atom is -0.427 e. The molecule has 0 saturated heterocycles. The molecule has 0 spiro atoms. The number of pyridine rings is 1. The van der Waals surface area contributed by atoms with Gasteiger partial charge in [0.05, 0.1) is 5.56 Å². The van der Waals surface area contributed by atoms with E-state index in [2.05, 4.69) is 4.98 Å². The van der Waals surface area contributed by atoms with Crippen LogP contribution in [0, 0.1) is 5.95 Å². The molecule has 0 N–H and O–H groups in total. The van der Waals surface area contributed by atoms with Gasteiger partial charge in [-0.25, -0.2) is 9.78 Å². The van der Waals surface area contributed by atoms with Gasteiger partial charge >= 0.3 is 5.97 Å². The van der Waals surface area contributed by atoms with Crippen LogP contribution in [0.1, 0.15) is 23.2 Å². The molecule has 0 radical (unpaired) electrons. The van der Waals surface area contributed by atoms with Crippen molar-refractivity contribution >= 4 is 5.97 Å². The predicted octanol–water partition coefficient (Wildman–Crippen LogP) is 2.61. The highest BCUT2D eigenvalue weighted by atomic mass is 19.1. The Bertz CT molecular complexity index is 449. The van der Waals surface area contributed by atoms with Crippen LogP contribution in [0.3, 0.4) is 0 Å². The topological polar surface area (TPSA) is 39.2 Å². The van der Waals surface area contributed by atoms with Crippen molar-refractivity contribution in [3.05, 3.63) is 53.8 Å². The number of allylic oxidation sites excluding steroid dienone is 4. The van der Waals surface area contributed by atoms with E-state index in [1.807, 2.05) is 12.2 Å². The molecule has 3 nitrogen and oxygen atoms in total. The third-order valence-corrected chi connectivity index (χ3v) is 2.16. The van der Waals surface area contributed by atoms with Gasteiger partial charge in [-0.2, -0.15) is 4.39 Å². The Kier molecular flexibility index (Phi) is 3.10. The molecule has 0 unspecified atom stereocenters. The van der Waals surface area contributed by atoms with Crippen molar-refractivity contribution in [2.75, 3.05) is 0 Å². The summed E-state index contributed by atoms with van der Waals surface area (Å²) in [6.07, 6.45) is 8.32. The van der Waals surface area contributed by atoms with Crippen LogP contribution < -0.4 is 0 Å². The molecular weight excluding hydrogens is 209 g/mol. The van der Waals surface area contributed by atoms with E-state index in [4.69, 9.17) is 4.74 Å². The highest BCUT2D eigenvalue weighted by Crippen LogP contribution is 2.15. The first-order chi connectivity index (χ1) is 7.75. The zero-order valence-electron chi connectivity index (χ0n) is 8.52.